The van der Waals surface area contributed by atoms with Crippen LogP contribution in [0.3, 0.4) is 0 Å². The summed E-state index contributed by atoms with van der Waals surface area (Å²) in [6.07, 6.45) is 4.78. The summed E-state index contributed by atoms with van der Waals surface area (Å²) < 4.78 is 5.17. The first kappa shape index (κ1) is 16.6. The van der Waals surface area contributed by atoms with Crippen molar-refractivity contribution < 1.29 is 9.53 Å². The number of nitrogens with zero attached hydrogens (tertiary/aromatic N) is 4. The maximum absolute atomic E-state index is 12.6. The van der Waals surface area contributed by atoms with E-state index in [1.165, 1.54) is 0 Å². The molecule has 128 valence electrons. The van der Waals surface area contributed by atoms with Gasteiger partial charge in [0, 0.05) is 43.6 Å². The number of aromatic amines is 1. The van der Waals surface area contributed by atoms with Crippen LogP contribution >= 0.6 is 0 Å². The van der Waals surface area contributed by atoms with E-state index in [1.54, 1.807) is 30.5 Å². The van der Waals surface area contributed by atoms with Crippen molar-refractivity contribution in [2.45, 2.75) is 0 Å². The third-order valence-corrected chi connectivity index (χ3v) is 4.19. The number of hydrogen-bond acceptors (Lipinski definition) is 5. The summed E-state index contributed by atoms with van der Waals surface area (Å²) in [7, 11) is 1.64. The number of aromatic nitrogens is 2. The maximum Gasteiger partial charge on any atom is 0.264 e. The van der Waals surface area contributed by atoms with Crippen molar-refractivity contribution in [3.05, 3.63) is 47.8 Å². The number of rotatable bonds is 4. The van der Waals surface area contributed by atoms with Gasteiger partial charge in [-0.05, 0) is 30.3 Å². The number of anilines is 1. The first-order valence-corrected chi connectivity index (χ1v) is 8.00. The molecular formula is C18H19N5O2. The predicted molar refractivity (Wildman–Crippen MR) is 94.0 cm³/mol. The van der Waals surface area contributed by atoms with Crippen molar-refractivity contribution in [2.24, 2.45) is 0 Å². The number of carbonyl (C=O) groups is 1. The highest BCUT2D eigenvalue weighted by Gasteiger charge is 2.23. The SMILES string of the molecule is COc1ccc(N2CCN(C(=O)/C(C#N)=C\c3cn[nH]c3)CC2)cc1. The highest BCUT2D eigenvalue weighted by atomic mass is 16.5. The minimum absolute atomic E-state index is 0.124. The largest absolute Gasteiger partial charge is 0.497 e. The summed E-state index contributed by atoms with van der Waals surface area (Å²) in [6, 6.07) is 9.86. The van der Waals surface area contributed by atoms with Crippen LogP contribution in [0.25, 0.3) is 6.08 Å². The van der Waals surface area contributed by atoms with Crippen molar-refractivity contribution in [1.82, 2.24) is 15.1 Å². The third-order valence-electron chi connectivity index (χ3n) is 4.19. The molecule has 3 rings (SSSR count). The van der Waals surface area contributed by atoms with Crippen LogP contribution < -0.4 is 9.64 Å². The molecule has 2 aromatic rings. The fraction of sp³-hybridized carbons (Fsp3) is 0.278. The second-order valence-electron chi connectivity index (χ2n) is 5.68. The molecule has 0 saturated carbocycles. The van der Waals surface area contributed by atoms with Crippen molar-refractivity contribution in [3.63, 3.8) is 0 Å². The molecule has 0 spiro atoms. The number of carbonyl (C=O) groups excluding carboxylic acids is 1. The van der Waals surface area contributed by atoms with Gasteiger partial charge >= 0.3 is 0 Å². The second-order valence-corrected chi connectivity index (χ2v) is 5.68. The average molecular weight is 337 g/mol. The molecule has 1 aromatic heterocycles. The van der Waals surface area contributed by atoms with Gasteiger partial charge in [0.2, 0.25) is 0 Å². The fourth-order valence-corrected chi connectivity index (χ4v) is 2.78. The number of nitrogens with one attached hydrogen (secondary N) is 1. The molecule has 0 radical (unpaired) electrons. The van der Waals surface area contributed by atoms with Gasteiger partial charge in [0.15, 0.2) is 0 Å². The molecule has 7 heteroatoms. The molecule has 1 N–H and O–H groups in total. The van der Waals surface area contributed by atoms with Gasteiger partial charge in [-0.2, -0.15) is 10.4 Å². The number of benzene rings is 1. The predicted octanol–water partition coefficient (Wildman–Crippen LogP) is 1.67. The van der Waals surface area contributed by atoms with E-state index >= 15 is 0 Å². The normalized spacial score (nSPS) is 15.0. The number of piperazine rings is 1. The topological polar surface area (TPSA) is 85.2 Å². The molecule has 1 aliphatic heterocycles. The number of methoxy groups -OCH3 is 1. The Kier molecular flexibility index (Phi) is 5.00. The van der Waals surface area contributed by atoms with Gasteiger partial charge < -0.3 is 14.5 Å². The zero-order valence-corrected chi connectivity index (χ0v) is 14.0. The minimum atomic E-state index is -0.238. The number of nitriles is 1. The second kappa shape index (κ2) is 7.53. The Morgan fingerprint density at radius 2 is 2.00 bits per heavy atom. The van der Waals surface area contributed by atoms with Crippen LogP contribution in [0.1, 0.15) is 5.56 Å². The monoisotopic (exact) mass is 337 g/mol. The van der Waals surface area contributed by atoms with Crippen LogP contribution in [0.4, 0.5) is 5.69 Å². The van der Waals surface area contributed by atoms with Crippen molar-refractivity contribution in [2.75, 3.05) is 38.2 Å². The minimum Gasteiger partial charge on any atom is -0.497 e. The van der Waals surface area contributed by atoms with Gasteiger partial charge in [-0.1, -0.05) is 0 Å². The lowest BCUT2D eigenvalue weighted by Gasteiger charge is -2.36. The summed E-state index contributed by atoms with van der Waals surface area (Å²) in [4.78, 5) is 16.5. The van der Waals surface area contributed by atoms with Crippen molar-refractivity contribution in [3.8, 4) is 11.8 Å². The molecule has 0 atom stereocenters. The summed E-state index contributed by atoms with van der Waals surface area (Å²) in [6.45, 7) is 2.61. The molecule has 1 fully saturated rings. The molecule has 0 bridgehead atoms. The lowest BCUT2D eigenvalue weighted by molar-refractivity contribution is -0.126. The quantitative estimate of drug-likeness (QED) is 0.678. The maximum atomic E-state index is 12.6. The van der Waals surface area contributed by atoms with Crippen LogP contribution in [0, 0.1) is 11.3 Å². The molecule has 1 aromatic carbocycles. The van der Waals surface area contributed by atoms with E-state index in [0.29, 0.717) is 18.7 Å². The highest BCUT2D eigenvalue weighted by molar-refractivity contribution is 6.01. The summed E-state index contributed by atoms with van der Waals surface area (Å²) in [5, 5.41) is 15.8. The van der Waals surface area contributed by atoms with E-state index < -0.39 is 0 Å². The van der Waals surface area contributed by atoms with Gasteiger partial charge in [0.25, 0.3) is 5.91 Å². The van der Waals surface area contributed by atoms with Gasteiger partial charge in [-0.15, -0.1) is 0 Å². The lowest BCUT2D eigenvalue weighted by Crippen LogP contribution is -2.49. The zero-order valence-electron chi connectivity index (χ0n) is 14.0. The first-order valence-electron chi connectivity index (χ1n) is 8.00. The number of ether oxygens (including phenoxy) is 1. The molecule has 1 amide bonds. The molecule has 2 heterocycles. The van der Waals surface area contributed by atoms with E-state index in [0.717, 1.165) is 24.5 Å². The van der Waals surface area contributed by atoms with Crippen molar-refractivity contribution >= 4 is 17.7 Å². The van der Waals surface area contributed by atoms with Crippen LogP contribution in [0.15, 0.2) is 42.2 Å². The third kappa shape index (κ3) is 3.80. The summed E-state index contributed by atoms with van der Waals surface area (Å²) >= 11 is 0. The standard InChI is InChI=1S/C18H19N5O2/c1-25-17-4-2-16(3-5-17)22-6-8-23(9-7-22)18(24)15(11-19)10-14-12-20-21-13-14/h2-5,10,12-13H,6-9H2,1H3,(H,20,21)/b15-10-. The number of amides is 1. The molecule has 1 aliphatic rings. The molecule has 0 aliphatic carbocycles. The van der Waals surface area contributed by atoms with Crippen molar-refractivity contribution in [1.29, 1.82) is 5.26 Å². The van der Waals surface area contributed by atoms with Crippen LogP contribution in [0.5, 0.6) is 5.75 Å². The molecule has 7 nitrogen and oxygen atoms in total. The Bertz CT molecular complexity index is 782. The average Bonchev–Trinajstić information content (AvgIpc) is 3.19. The van der Waals surface area contributed by atoms with E-state index in [-0.39, 0.29) is 11.5 Å². The Morgan fingerprint density at radius 1 is 1.28 bits per heavy atom. The molecule has 1 saturated heterocycles. The Labute approximate surface area is 146 Å². The van der Waals surface area contributed by atoms with Crippen LogP contribution in [-0.4, -0.2) is 54.3 Å². The molecule has 0 unspecified atom stereocenters. The van der Waals surface area contributed by atoms with Gasteiger partial charge in [-0.25, -0.2) is 0 Å². The molecule has 25 heavy (non-hydrogen) atoms. The van der Waals surface area contributed by atoms with Gasteiger partial charge in [0.05, 0.1) is 13.3 Å². The summed E-state index contributed by atoms with van der Waals surface area (Å²) in [5.41, 5.74) is 1.93. The summed E-state index contributed by atoms with van der Waals surface area (Å²) in [5.74, 6) is 0.582. The zero-order chi connectivity index (χ0) is 17.6. The molecular weight excluding hydrogens is 318 g/mol. The van der Waals surface area contributed by atoms with Crippen LogP contribution in [-0.2, 0) is 4.79 Å². The lowest BCUT2D eigenvalue weighted by atomic mass is 10.1. The fourth-order valence-electron chi connectivity index (χ4n) is 2.78. The first-order chi connectivity index (χ1) is 12.2. The Morgan fingerprint density at radius 3 is 2.56 bits per heavy atom. The number of hydrogen-bond donors (Lipinski definition) is 1. The Balaban J connectivity index is 1.63. The van der Waals surface area contributed by atoms with E-state index in [2.05, 4.69) is 15.1 Å². The van der Waals surface area contributed by atoms with E-state index in [1.807, 2.05) is 30.3 Å². The van der Waals surface area contributed by atoms with Gasteiger partial charge in [-0.3, -0.25) is 9.89 Å². The van der Waals surface area contributed by atoms with E-state index in [4.69, 9.17) is 4.74 Å². The smallest absolute Gasteiger partial charge is 0.264 e. The highest BCUT2D eigenvalue weighted by Crippen LogP contribution is 2.21. The Hall–Kier alpha value is -3.27. The van der Waals surface area contributed by atoms with E-state index in [9.17, 15) is 10.1 Å². The van der Waals surface area contributed by atoms with Gasteiger partial charge in [0.1, 0.15) is 17.4 Å². The number of H-pyrrole nitrogens is 1. The van der Waals surface area contributed by atoms with Crippen LogP contribution in [0.2, 0.25) is 0 Å².